The van der Waals surface area contributed by atoms with Crippen molar-refractivity contribution in [2.24, 2.45) is 5.92 Å². The number of hydrogen-bond donors (Lipinski definition) is 1. The molecule has 0 radical (unpaired) electrons. The molecule has 1 amide bonds. The van der Waals surface area contributed by atoms with Crippen LogP contribution in [0.5, 0.6) is 0 Å². The highest BCUT2D eigenvalue weighted by Gasteiger charge is 2.45. The second-order valence-corrected chi connectivity index (χ2v) is 7.38. The van der Waals surface area contributed by atoms with E-state index >= 15 is 0 Å². The zero-order chi connectivity index (χ0) is 13.4. The Hall–Kier alpha value is -0.710. The summed E-state index contributed by atoms with van der Waals surface area (Å²) in [7, 11) is 0. The van der Waals surface area contributed by atoms with E-state index in [1.165, 1.54) is 0 Å². The van der Waals surface area contributed by atoms with Crippen molar-refractivity contribution in [1.82, 2.24) is 4.90 Å². The summed E-state index contributed by atoms with van der Waals surface area (Å²) in [6, 6.07) is 0.633. The van der Waals surface area contributed by atoms with Gasteiger partial charge in [0.2, 0.25) is 5.91 Å². The minimum atomic E-state index is -0.699. The summed E-state index contributed by atoms with van der Waals surface area (Å²) in [6.45, 7) is 0. The number of thioether (sulfide) groups is 1. The number of carboxylic acids is 1. The van der Waals surface area contributed by atoms with E-state index < -0.39 is 5.97 Å². The first-order chi connectivity index (χ1) is 9.15. The first-order valence-corrected chi connectivity index (χ1v) is 8.35. The van der Waals surface area contributed by atoms with E-state index in [2.05, 4.69) is 4.90 Å². The molecule has 106 valence electrons. The molecule has 0 aromatic rings. The normalized spacial score (nSPS) is 37.6. The average molecular weight is 283 g/mol. The molecule has 0 aromatic carbocycles. The standard InChI is InChI=1S/C14H21NO3S/c16-13(17)8-9-6-10-3-4-11(7-9)15(10)14(18)12-2-1-5-19-12/h9-12H,1-8H2,(H,16,17). The van der Waals surface area contributed by atoms with Crippen molar-refractivity contribution in [3.63, 3.8) is 0 Å². The Morgan fingerprint density at radius 3 is 2.37 bits per heavy atom. The molecule has 3 aliphatic heterocycles. The van der Waals surface area contributed by atoms with Crippen molar-refractivity contribution < 1.29 is 14.7 Å². The van der Waals surface area contributed by atoms with Crippen molar-refractivity contribution in [2.75, 3.05) is 5.75 Å². The van der Waals surface area contributed by atoms with Crippen molar-refractivity contribution in [3.8, 4) is 0 Å². The quantitative estimate of drug-likeness (QED) is 0.862. The number of piperidine rings is 1. The third kappa shape index (κ3) is 2.62. The van der Waals surface area contributed by atoms with Crippen molar-refractivity contribution >= 4 is 23.6 Å². The topological polar surface area (TPSA) is 57.6 Å². The lowest BCUT2D eigenvalue weighted by Crippen LogP contribution is -2.49. The molecule has 1 N–H and O–H groups in total. The number of amides is 1. The Morgan fingerprint density at radius 1 is 1.16 bits per heavy atom. The molecule has 0 aliphatic carbocycles. The predicted octanol–water partition coefficient (Wildman–Crippen LogP) is 2.13. The Bertz CT molecular complexity index is 367. The van der Waals surface area contributed by atoms with E-state index in [9.17, 15) is 9.59 Å². The highest BCUT2D eigenvalue weighted by molar-refractivity contribution is 8.00. The number of aliphatic carboxylic acids is 1. The van der Waals surface area contributed by atoms with Crippen LogP contribution in [0.15, 0.2) is 0 Å². The SMILES string of the molecule is O=C(O)CC1CC2CCC(C1)N2C(=O)C1CCCS1. The maximum absolute atomic E-state index is 12.6. The predicted molar refractivity (Wildman–Crippen MR) is 74.1 cm³/mol. The second-order valence-electron chi connectivity index (χ2n) is 6.07. The third-order valence-corrected chi connectivity index (χ3v) is 6.12. The monoisotopic (exact) mass is 283 g/mol. The lowest BCUT2D eigenvalue weighted by Gasteiger charge is -2.39. The number of carbonyl (C=O) groups excluding carboxylic acids is 1. The molecule has 3 fully saturated rings. The number of nitrogens with zero attached hydrogens (tertiary/aromatic N) is 1. The fraction of sp³-hybridized carbons (Fsp3) is 0.857. The summed E-state index contributed by atoms with van der Waals surface area (Å²) < 4.78 is 0. The van der Waals surface area contributed by atoms with Crippen LogP contribution in [0.25, 0.3) is 0 Å². The first kappa shape index (κ1) is 13.3. The molecule has 3 atom stereocenters. The number of hydrogen-bond acceptors (Lipinski definition) is 3. The van der Waals surface area contributed by atoms with E-state index in [0.29, 0.717) is 18.0 Å². The van der Waals surface area contributed by atoms with Crippen LogP contribution in [0.4, 0.5) is 0 Å². The molecule has 0 saturated carbocycles. The van der Waals surface area contributed by atoms with Gasteiger partial charge in [0.1, 0.15) is 0 Å². The van der Waals surface area contributed by atoms with Crippen molar-refractivity contribution in [3.05, 3.63) is 0 Å². The minimum absolute atomic E-state index is 0.180. The summed E-state index contributed by atoms with van der Waals surface area (Å²) in [5.41, 5.74) is 0. The molecule has 19 heavy (non-hydrogen) atoms. The van der Waals surface area contributed by atoms with E-state index in [-0.39, 0.29) is 17.6 Å². The lowest BCUT2D eigenvalue weighted by molar-refractivity contribution is -0.139. The van der Waals surface area contributed by atoms with Crippen molar-refractivity contribution in [1.29, 1.82) is 0 Å². The summed E-state index contributed by atoms with van der Waals surface area (Å²) in [4.78, 5) is 25.5. The molecule has 3 unspecified atom stereocenters. The number of carbonyl (C=O) groups is 2. The van der Waals surface area contributed by atoms with Crippen LogP contribution in [0.1, 0.15) is 44.9 Å². The second kappa shape index (κ2) is 5.35. The molecule has 3 heterocycles. The number of rotatable bonds is 3. The molecule has 0 aromatic heterocycles. The molecule has 3 aliphatic rings. The van der Waals surface area contributed by atoms with Gasteiger partial charge in [0.05, 0.1) is 5.25 Å². The molecule has 2 bridgehead atoms. The zero-order valence-corrected chi connectivity index (χ0v) is 11.9. The fourth-order valence-corrected chi connectivity index (χ4v) is 5.22. The highest BCUT2D eigenvalue weighted by atomic mass is 32.2. The molecular formula is C14H21NO3S. The lowest BCUT2D eigenvalue weighted by atomic mass is 9.88. The maximum Gasteiger partial charge on any atom is 0.303 e. The van der Waals surface area contributed by atoms with Crippen LogP contribution < -0.4 is 0 Å². The molecule has 5 heteroatoms. The van der Waals surface area contributed by atoms with Gasteiger partial charge in [-0.15, -0.1) is 11.8 Å². The highest BCUT2D eigenvalue weighted by Crippen LogP contribution is 2.42. The largest absolute Gasteiger partial charge is 0.481 e. The molecule has 3 rings (SSSR count). The summed E-state index contributed by atoms with van der Waals surface area (Å²) in [5, 5.41) is 9.10. The van der Waals surface area contributed by atoms with Crippen LogP contribution in [0.2, 0.25) is 0 Å². The van der Waals surface area contributed by atoms with Gasteiger partial charge in [0, 0.05) is 18.5 Å². The Balaban J connectivity index is 1.65. The molecule has 4 nitrogen and oxygen atoms in total. The van der Waals surface area contributed by atoms with Gasteiger partial charge in [-0.3, -0.25) is 9.59 Å². The smallest absolute Gasteiger partial charge is 0.303 e. The third-order valence-electron chi connectivity index (χ3n) is 4.75. The summed E-state index contributed by atoms with van der Waals surface area (Å²) >= 11 is 1.80. The van der Waals surface area contributed by atoms with Gasteiger partial charge >= 0.3 is 5.97 Å². The maximum atomic E-state index is 12.6. The van der Waals surface area contributed by atoms with Gasteiger partial charge in [-0.1, -0.05) is 0 Å². The van der Waals surface area contributed by atoms with Gasteiger partial charge in [0.25, 0.3) is 0 Å². The minimum Gasteiger partial charge on any atom is -0.481 e. The first-order valence-electron chi connectivity index (χ1n) is 7.30. The molecule has 3 saturated heterocycles. The molecular weight excluding hydrogens is 262 g/mol. The summed E-state index contributed by atoms with van der Waals surface area (Å²) in [5.74, 6) is 1.02. The van der Waals surface area contributed by atoms with E-state index in [0.717, 1.165) is 44.3 Å². The average Bonchev–Trinajstić information content (AvgIpc) is 2.95. The van der Waals surface area contributed by atoms with Crippen LogP contribution >= 0.6 is 11.8 Å². The Kier molecular flexibility index (Phi) is 3.74. The zero-order valence-electron chi connectivity index (χ0n) is 11.1. The Morgan fingerprint density at radius 2 is 1.84 bits per heavy atom. The van der Waals surface area contributed by atoms with Gasteiger partial charge < -0.3 is 10.0 Å². The summed E-state index contributed by atoms with van der Waals surface area (Å²) in [6.07, 6.45) is 6.39. The number of carboxylic acid groups (broad SMARTS) is 1. The van der Waals surface area contributed by atoms with Crippen molar-refractivity contribution in [2.45, 2.75) is 62.3 Å². The van der Waals surface area contributed by atoms with Crippen LogP contribution in [-0.4, -0.2) is 45.0 Å². The van der Waals surface area contributed by atoms with Gasteiger partial charge in [-0.25, -0.2) is 0 Å². The Labute approximate surface area is 117 Å². The van der Waals surface area contributed by atoms with Gasteiger partial charge in [0.15, 0.2) is 0 Å². The van der Waals surface area contributed by atoms with Gasteiger partial charge in [-0.2, -0.15) is 0 Å². The fourth-order valence-electron chi connectivity index (χ4n) is 4.00. The van der Waals surface area contributed by atoms with E-state index in [1.54, 1.807) is 11.8 Å². The van der Waals surface area contributed by atoms with Crippen LogP contribution in [-0.2, 0) is 9.59 Å². The molecule has 0 spiro atoms. The number of fused-ring (bicyclic) bond motifs is 2. The van der Waals surface area contributed by atoms with Crippen LogP contribution in [0, 0.1) is 5.92 Å². The van der Waals surface area contributed by atoms with Crippen LogP contribution in [0.3, 0.4) is 0 Å². The van der Waals surface area contributed by atoms with Gasteiger partial charge in [-0.05, 0) is 50.2 Å². The van der Waals surface area contributed by atoms with E-state index in [1.807, 2.05) is 0 Å². The van der Waals surface area contributed by atoms with E-state index in [4.69, 9.17) is 5.11 Å².